The van der Waals surface area contributed by atoms with Gasteiger partial charge in [0.1, 0.15) is 19.3 Å². The van der Waals surface area contributed by atoms with Gasteiger partial charge in [0.15, 0.2) is 0 Å². The van der Waals surface area contributed by atoms with Crippen LogP contribution in [0.1, 0.15) is 316 Å². The largest absolute Gasteiger partial charge is 0.472 e. The van der Waals surface area contributed by atoms with Crippen molar-refractivity contribution in [3.63, 3.8) is 0 Å². The van der Waals surface area contributed by atoms with Gasteiger partial charge in [0.05, 0.1) is 33.8 Å². The van der Waals surface area contributed by atoms with Gasteiger partial charge in [-0.15, -0.1) is 0 Å². The molecule has 0 aliphatic heterocycles. The number of rotatable bonds is 60. The molecule has 0 radical (unpaired) electrons. The Labute approximate surface area is 478 Å². The highest BCUT2D eigenvalue weighted by Gasteiger charge is 2.30. The number of esters is 1. The molecule has 0 aliphatic rings. The summed E-state index contributed by atoms with van der Waals surface area (Å²) in [6.45, 7) is 7.02. The van der Waals surface area contributed by atoms with E-state index in [0.717, 1.165) is 64.2 Å². The predicted octanol–water partition coefficient (Wildman–Crippen LogP) is 20.5. The van der Waals surface area contributed by atoms with Crippen LogP contribution < -0.4 is 5.32 Å². The summed E-state index contributed by atoms with van der Waals surface area (Å²) < 4.78 is 30.8. The summed E-state index contributed by atoms with van der Waals surface area (Å²) in [7, 11) is 1.50. The fraction of sp³-hybridized carbons (Fsp3) is 0.851. The number of phosphoric ester groups is 1. The number of likely N-dealkylation sites (N-methyl/N-ethyl adjacent to an activating group) is 1. The van der Waals surface area contributed by atoms with Crippen molar-refractivity contribution in [3.05, 3.63) is 48.6 Å². The number of nitrogens with one attached hydrogen (secondary N) is 1. The highest BCUT2D eigenvalue weighted by atomic mass is 31.2. The van der Waals surface area contributed by atoms with E-state index in [2.05, 4.69) is 62.5 Å². The fourth-order valence-electron chi connectivity index (χ4n) is 9.61. The van der Waals surface area contributed by atoms with Crippen molar-refractivity contribution in [1.29, 1.82) is 0 Å². The van der Waals surface area contributed by atoms with E-state index in [-0.39, 0.29) is 31.5 Å². The van der Waals surface area contributed by atoms with Crippen LogP contribution in [0.4, 0.5) is 0 Å². The molecule has 2 N–H and O–H groups in total. The highest BCUT2D eigenvalue weighted by molar-refractivity contribution is 7.47. The van der Waals surface area contributed by atoms with Crippen LogP contribution in [-0.4, -0.2) is 74.3 Å². The van der Waals surface area contributed by atoms with Crippen LogP contribution in [0.2, 0.25) is 0 Å². The van der Waals surface area contributed by atoms with Crippen molar-refractivity contribution in [2.24, 2.45) is 0 Å². The summed E-state index contributed by atoms with van der Waals surface area (Å²) in [6.07, 6.45) is 71.0. The van der Waals surface area contributed by atoms with Gasteiger partial charge in [-0.05, 0) is 89.5 Å². The minimum Gasteiger partial charge on any atom is -0.456 e. The van der Waals surface area contributed by atoms with Crippen molar-refractivity contribution in [2.75, 3.05) is 40.9 Å². The number of unbranched alkanes of at least 4 members (excludes halogenated alkanes) is 38. The monoisotopic (exact) mass is 1100 g/mol. The average Bonchev–Trinajstić information content (AvgIpc) is 3.39. The molecule has 0 saturated carbocycles. The molecule has 10 heteroatoms. The molecule has 3 unspecified atom stereocenters. The van der Waals surface area contributed by atoms with Gasteiger partial charge in [-0.25, -0.2) is 4.57 Å². The molecule has 0 aromatic heterocycles. The number of quaternary nitrogens is 1. The first-order chi connectivity index (χ1) is 37.4. The Morgan fingerprint density at radius 3 is 1.21 bits per heavy atom. The maximum Gasteiger partial charge on any atom is 0.472 e. The minimum atomic E-state index is -4.45. The first-order valence-corrected chi connectivity index (χ1v) is 34.5. The summed E-state index contributed by atoms with van der Waals surface area (Å²) in [5, 5.41) is 3.07. The molecule has 0 aliphatic carbocycles. The number of amides is 1. The maximum absolute atomic E-state index is 13.6. The van der Waals surface area contributed by atoms with Gasteiger partial charge in [-0.2, -0.15) is 0 Å². The average molecular weight is 1100 g/mol. The third kappa shape index (κ3) is 58.4. The van der Waals surface area contributed by atoms with E-state index < -0.39 is 20.0 Å². The molecule has 452 valence electrons. The molecule has 0 aromatic carbocycles. The van der Waals surface area contributed by atoms with Crippen LogP contribution in [0, 0.1) is 0 Å². The first kappa shape index (κ1) is 75.0. The SMILES string of the molecule is CCCCC/C=C\C/C=C\CCCCCCCCCCCCCC(=O)NC(COP(=O)(O)OCC[N+](C)(C)C)C(/C=C\CCCCCCCCCCCCC)OC(=O)CCCCCCCCC/C=C/CCCCCCCC. The minimum absolute atomic E-state index is 0.0399. The van der Waals surface area contributed by atoms with Crippen LogP contribution >= 0.6 is 7.82 Å². The molecule has 0 spiro atoms. The van der Waals surface area contributed by atoms with Crippen LogP contribution in [0.3, 0.4) is 0 Å². The quantitative estimate of drug-likeness (QED) is 0.0205. The van der Waals surface area contributed by atoms with E-state index in [1.54, 1.807) is 0 Å². The molecule has 0 bridgehead atoms. The lowest BCUT2D eigenvalue weighted by Crippen LogP contribution is -2.47. The Bertz CT molecular complexity index is 1460. The molecule has 9 nitrogen and oxygen atoms in total. The van der Waals surface area contributed by atoms with E-state index in [1.807, 2.05) is 33.3 Å². The second kappa shape index (κ2) is 57.2. The van der Waals surface area contributed by atoms with E-state index in [4.69, 9.17) is 13.8 Å². The van der Waals surface area contributed by atoms with Crippen LogP contribution in [0.15, 0.2) is 48.6 Å². The smallest absolute Gasteiger partial charge is 0.456 e. The number of phosphoric acid groups is 1. The van der Waals surface area contributed by atoms with Crippen LogP contribution in [0.5, 0.6) is 0 Å². The molecule has 0 saturated heterocycles. The van der Waals surface area contributed by atoms with Crippen molar-refractivity contribution in [2.45, 2.75) is 328 Å². The van der Waals surface area contributed by atoms with Crippen molar-refractivity contribution >= 4 is 19.7 Å². The third-order valence-electron chi connectivity index (χ3n) is 14.7. The van der Waals surface area contributed by atoms with E-state index in [0.29, 0.717) is 17.4 Å². The van der Waals surface area contributed by atoms with Crippen molar-refractivity contribution < 1.29 is 37.3 Å². The second-order valence-electron chi connectivity index (χ2n) is 23.6. The molecule has 0 rings (SSSR count). The maximum atomic E-state index is 13.6. The number of nitrogens with zero attached hydrogens (tertiary/aromatic N) is 1. The second-order valence-corrected chi connectivity index (χ2v) is 25.1. The van der Waals surface area contributed by atoms with E-state index >= 15 is 0 Å². The van der Waals surface area contributed by atoms with E-state index in [1.165, 1.54) is 218 Å². The fourth-order valence-corrected chi connectivity index (χ4v) is 10.3. The molecule has 0 aromatic rings. The Morgan fingerprint density at radius 1 is 0.455 bits per heavy atom. The normalized spacial score (nSPS) is 13.9. The summed E-state index contributed by atoms with van der Waals surface area (Å²) in [5.41, 5.74) is 0. The molecule has 3 atom stereocenters. The number of allylic oxidation sites excluding steroid dienone is 7. The molecule has 77 heavy (non-hydrogen) atoms. The Hall–Kier alpha value is -2.03. The lowest BCUT2D eigenvalue weighted by Gasteiger charge is -2.27. The topological polar surface area (TPSA) is 111 Å². The predicted molar refractivity (Wildman–Crippen MR) is 332 cm³/mol. The summed E-state index contributed by atoms with van der Waals surface area (Å²) in [5.74, 6) is -0.501. The number of hydrogen-bond acceptors (Lipinski definition) is 6. The van der Waals surface area contributed by atoms with Gasteiger partial charge in [-0.3, -0.25) is 18.6 Å². The number of hydrogen-bond donors (Lipinski definition) is 2. The van der Waals surface area contributed by atoms with Gasteiger partial charge >= 0.3 is 13.8 Å². The summed E-state index contributed by atoms with van der Waals surface area (Å²) in [4.78, 5) is 37.8. The molecule has 0 fully saturated rings. The Balaban J connectivity index is 5.21. The van der Waals surface area contributed by atoms with Gasteiger partial charge < -0.3 is 19.4 Å². The zero-order chi connectivity index (χ0) is 56.4. The van der Waals surface area contributed by atoms with Gasteiger partial charge in [-0.1, -0.05) is 262 Å². The molecule has 0 heterocycles. The van der Waals surface area contributed by atoms with E-state index in [9.17, 15) is 19.0 Å². The van der Waals surface area contributed by atoms with Crippen molar-refractivity contribution in [3.8, 4) is 0 Å². The summed E-state index contributed by atoms with van der Waals surface area (Å²) >= 11 is 0. The molecule has 1 amide bonds. The van der Waals surface area contributed by atoms with Crippen LogP contribution in [-0.2, 0) is 27.9 Å². The highest BCUT2D eigenvalue weighted by Crippen LogP contribution is 2.43. The Kier molecular flexibility index (Phi) is 55.7. The number of carbonyl (C=O) groups excluding carboxylic acids is 2. The first-order valence-electron chi connectivity index (χ1n) is 33.0. The lowest BCUT2D eigenvalue weighted by atomic mass is 10.0. The molecular formula is C67H128N2O7P+. The zero-order valence-electron chi connectivity index (χ0n) is 51.7. The number of ether oxygens (including phenoxy) is 1. The summed E-state index contributed by atoms with van der Waals surface area (Å²) in [6, 6.07) is -0.850. The van der Waals surface area contributed by atoms with Gasteiger partial charge in [0, 0.05) is 12.8 Å². The van der Waals surface area contributed by atoms with Gasteiger partial charge in [0.2, 0.25) is 5.91 Å². The van der Waals surface area contributed by atoms with Crippen molar-refractivity contribution in [1.82, 2.24) is 5.32 Å². The standard InChI is InChI=1S/C67H127N2O7P/c1-7-10-13-16-19-22-25-28-30-32-33-34-35-37-38-41-44-47-50-53-56-59-66(70)68-64(63-75-77(72,73)74-62-61-69(4,5)6)65(58-55-52-49-46-43-40-27-24-21-18-15-12-9-3)76-67(71)60-57-54-51-48-45-42-39-36-31-29-26-23-20-17-14-11-8-2/h19,22,28-31,55,58,64-65H,7-18,20-21,23-27,32-54,56-57,59-63H2,1-6H3,(H-,68,70,72,73)/p+1/b22-19-,30-28-,31-29+,58-55-. The third-order valence-corrected chi connectivity index (χ3v) is 15.7. The molecular weight excluding hydrogens is 976 g/mol. The Morgan fingerprint density at radius 2 is 0.792 bits per heavy atom. The number of carbonyl (C=O) groups is 2. The zero-order valence-corrected chi connectivity index (χ0v) is 52.6. The lowest BCUT2D eigenvalue weighted by molar-refractivity contribution is -0.870. The van der Waals surface area contributed by atoms with Crippen LogP contribution in [0.25, 0.3) is 0 Å². The van der Waals surface area contributed by atoms with Gasteiger partial charge in [0.25, 0.3) is 0 Å².